The van der Waals surface area contributed by atoms with E-state index in [1.807, 2.05) is 13.0 Å². The molecule has 5 heteroatoms. The topological polar surface area (TPSA) is 44.8 Å². The van der Waals surface area contributed by atoms with Crippen molar-refractivity contribution < 1.29 is 19.0 Å². The van der Waals surface area contributed by atoms with E-state index < -0.39 is 0 Å². The fraction of sp³-hybridized carbons (Fsp3) is 0.235. The van der Waals surface area contributed by atoms with Gasteiger partial charge in [-0.15, -0.1) is 0 Å². The number of carbonyl (C=O) groups is 1. The molecule has 0 amide bonds. The van der Waals surface area contributed by atoms with Crippen molar-refractivity contribution in [3.05, 3.63) is 52.5 Å². The van der Waals surface area contributed by atoms with Gasteiger partial charge in [0.25, 0.3) is 0 Å². The second-order valence-electron chi connectivity index (χ2n) is 4.63. The number of carbonyl (C=O) groups excluding carboxylic acids is 1. The van der Waals surface area contributed by atoms with Gasteiger partial charge in [0.05, 0.1) is 12.7 Å². The average Bonchev–Trinajstić information content (AvgIpc) is 2.54. The van der Waals surface area contributed by atoms with Crippen molar-refractivity contribution in [1.29, 1.82) is 0 Å². The SMILES string of the molecule is COc1ccc(C=O)c(OCCOc2ccc(Cl)c(C)c2)c1. The van der Waals surface area contributed by atoms with Gasteiger partial charge in [-0.3, -0.25) is 4.79 Å². The molecule has 0 aliphatic rings. The van der Waals surface area contributed by atoms with E-state index in [-0.39, 0.29) is 0 Å². The van der Waals surface area contributed by atoms with Gasteiger partial charge in [-0.05, 0) is 42.8 Å². The lowest BCUT2D eigenvalue weighted by Crippen LogP contribution is -2.10. The third-order valence-electron chi connectivity index (χ3n) is 3.09. The Labute approximate surface area is 134 Å². The maximum Gasteiger partial charge on any atom is 0.153 e. The first-order valence-electron chi connectivity index (χ1n) is 6.79. The first kappa shape index (κ1) is 16.2. The molecule has 0 N–H and O–H groups in total. The van der Waals surface area contributed by atoms with Crippen molar-refractivity contribution in [3.63, 3.8) is 0 Å². The van der Waals surface area contributed by atoms with E-state index in [9.17, 15) is 4.79 Å². The number of aldehydes is 1. The molecule has 22 heavy (non-hydrogen) atoms. The molecule has 0 aliphatic heterocycles. The summed E-state index contributed by atoms with van der Waals surface area (Å²) in [6.45, 7) is 2.59. The summed E-state index contributed by atoms with van der Waals surface area (Å²) in [5.74, 6) is 1.84. The van der Waals surface area contributed by atoms with E-state index in [2.05, 4.69) is 0 Å². The summed E-state index contributed by atoms with van der Waals surface area (Å²) in [5, 5.41) is 0.704. The minimum atomic E-state index is 0.315. The summed E-state index contributed by atoms with van der Waals surface area (Å²) in [7, 11) is 1.56. The van der Waals surface area contributed by atoms with Gasteiger partial charge in [0, 0.05) is 11.1 Å². The van der Waals surface area contributed by atoms with Crippen LogP contribution in [0, 0.1) is 6.92 Å². The number of aryl methyl sites for hydroxylation is 1. The van der Waals surface area contributed by atoms with Gasteiger partial charge in [-0.1, -0.05) is 11.6 Å². The Morgan fingerprint density at radius 2 is 1.77 bits per heavy atom. The summed E-state index contributed by atoms with van der Waals surface area (Å²) in [6.07, 6.45) is 0.748. The molecule has 0 atom stereocenters. The van der Waals surface area contributed by atoms with Crippen LogP contribution in [-0.4, -0.2) is 26.6 Å². The van der Waals surface area contributed by atoms with Gasteiger partial charge in [0.15, 0.2) is 6.29 Å². The van der Waals surface area contributed by atoms with E-state index in [0.717, 1.165) is 17.6 Å². The van der Waals surface area contributed by atoms with E-state index in [4.69, 9.17) is 25.8 Å². The summed E-state index contributed by atoms with van der Waals surface area (Å²) < 4.78 is 16.3. The monoisotopic (exact) mass is 320 g/mol. The molecule has 2 aromatic carbocycles. The minimum Gasteiger partial charge on any atom is -0.497 e. The largest absolute Gasteiger partial charge is 0.497 e. The summed E-state index contributed by atoms with van der Waals surface area (Å²) >= 11 is 5.96. The number of benzene rings is 2. The van der Waals surface area contributed by atoms with Crippen molar-refractivity contribution >= 4 is 17.9 Å². The predicted octanol–water partition coefficient (Wildman–Crippen LogP) is 3.93. The van der Waals surface area contributed by atoms with E-state index in [0.29, 0.717) is 35.3 Å². The molecule has 2 rings (SSSR count). The molecule has 2 aromatic rings. The molecular formula is C17H17ClO4. The molecule has 0 heterocycles. The molecule has 0 aromatic heterocycles. The number of methoxy groups -OCH3 is 1. The van der Waals surface area contributed by atoms with Gasteiger partial charge in [-0.2, -0.15) is 0 Å². The maximum absolute atomic E-state index is 11.0. The smallest absolute Gasteiger partial charge is 0.153 e. The summed E-state index contributed by atoms with van der Waals surface area (Å²) in [4.78, 5) is 11.0. The number of halogens is 1. The van der Waals surface area contributed by atoms with Crippen molar-refractivity contribution in [2.45, 2.75) is 6.92 Å². The zero-order valence-electron chi connectivity index (χ0n) is 12.5. The van der Waals surface area contributed by atoms with Gasteiger partial charge in [-0.25, -0.2) is 0 Å². The average molecular weight is 321 g/mol. The van der Waals surface area contributed by atoms with Crippen LogP contribution in [0.1, 0.15) is 15.9 Å². The highest BCUT2D eigenvalue weighted by molar-refractivity contribution is 6.31. The van der Waals surface area contributed by atoms with Crippen LogP contribution in [0.3, 0.4) is 0 Å². The fourth-order valence-electron chi connectivity index (χ4n) is 1.88. The van der Waals surface area contributed by atoms with Crippen LogP contribution < -0.4 is 14.2 Å². The Morgan fingerprint density at radius 3 is 2.45 bits per heavy atom. The fourth-order valence-corrected chi connectivity index (χ4v) is 2.00. The second-order valence-corrected chi connectivity index (χ2v) is 5.04. The van der Waals surface area contributed by atoms with Crippen LogP contribution in [0.4, 0.5) is 0 Å². The molecule has 0 spiro atoms. The van der Waals surface area contributed by atoms with Crippen molar-refractivity contribution in [2.24, 2.45) is 0 Å². The van der Waals surface area contributed by atoms with Gasteiger partial charge in [0.1, 0.15) is 30.5 Å². The van der Waals surface area contributed by atoms with Crippen LogP contribution >= 0.6 is 11.6 Å². The normalized spacial score (nSPS) is 10.1. The number of ether oxygens (including phenoxy) is 3. The highest BCUT2D eigenvalue weighted by atomic mass is 35.5. The Balaban J connectivity index is 1.90. The van der Waals surface area contributed by atoms with Crippen LogP contribution in [0.5, 0.6) is 17.2 Å². The highest BCUT2D eigenvalue weighted by Crippen LogP contribution is 2.24. The van der Waals surface area contributed by atoms with Crippen LogP contribution in [0.2, 0.25) is 5.02 Å². The zero-order chi connectivity index (χ0) is 15.9. The third kappa shape index (κ3) is 4.15. The Bertz CT molecular complexity index is 655. The quantitative estimate of drug-likeness (QED) is 0.573. The molecule has 0 saturated carbocycles. The predicted molar refractivity (Wildman–Crippen MR) is 85.6 cm³/mol. The highest BCUT2D eigenvalue weighted by Gasteiger charge is 2.05. The Morgan fingerprint density at radius 1 is 1.05 bits per heavy atom. The minimum absolute atomic E-state index is 0.315. The molecule has 116 valence electrons. The molecule has 0 radical (unpaired) electrons. The number of hydrogen-bond acceptors (Lipinski definition) is 4. The molecule has 0 unspecified atom stereocenters. The van der Waals surface area contributed by atoms with Crippen LogP contribution in [0.25, 0.3) is 0 Å². The number of hydrogen-bond donors (Lipinski definition) is 0. The lowest BCUT2D eigenvalue weighted by Gasteiger charge is -2.11. The molecule has 0 fully saturated rings. The molecule has 0 aliphatic carbocycles. The third-order valence-corrected chi connectivity index (χ3v) is 3.51. The first-order valence-corrected chi connectivity index (χ1v) is 7.17. The van der Waals surface area contributed by atoms with Crippen molar-refractivity contribution in [3.8, 4) is 17.2 Å². The molecule has 0 saturated heterocycles. The summed E-state index contributed by atoms with van der Waals surface area (Å²) in [5.41, 5.74) is 1.43. The molecule has 0 bridgehead atoms. The Kier molecular flexibility index (Phi) is 5.67. The zero-order valence-corrected chi connectivity index (χ0v) is 13.2. The second kappa shape index (κ2) is 7.71. The Hall–Kier alpha value is -2.20. The van der Waals surface area contributed by atoms with Crippen molar-refractivity contribution in [1.82, 2.24) is 0 Å². The number of rotatable bonds is 7. The summed E-state index contributed by atoms with van der Waals surface area (Å²) in [6, 6.07) is 10.5. The lowest BCUT2D eigenvalue weighted by molar-refractivity contribution is 0.111. The van der Waals surface area contributed by atoms with E-state index in [1.54, 1.807) is 37.4 Å². The van der Waals surface area contributed by atoms with Crippen LogP contribution in [-0.2, 0) is 0 Å². The van der Waals surface area contributed by atoms with E-state index >= 15 is 0 Å². The van der Waals surface area contributed by atoms with Crippen LogP contribution in [0.15, 0.2) is 36.4 Å². The lowest BCUT2D eigenvalue weighted by atomic mass is 10.2. The standard InChI is InChI=1S/C17H17ClO4/c1-12-9-15(5-6-16(12)18)21-7-8-22-17-10-14(20-2)4-3-13(17)11-19/h3-6,9-11H,7-8H2,1-2H3. The molecule has 4 nitrogen and oxygen atoms in total. The van der Waals surface area contributed by atoms with E-state index in [1.165, 1.54) is 0 Å². The van der Waals surface area contributed by atoms with Crippen molar-refractivity contribution in [2.75, 3.05) is 20.3 Å². The van der Waals surface area contributed by atoms with Gasteiger partial charge in [0.2, 0.25) is 0 Å². The van der Waals surface area contributed by atoms with Gasteiger partial charge < -0.3 is 14.2 Å². The maximum atomic E-state index is 11.0. The van der Waals surface area contributed by atoms with Gasteiger partial charge >= 0.3 is 0 Å². The first-order chi connectivity index (χ1) is 10.6. The molecular weight excluding hydrogens is 304 g/mol.